The molecule has 1 atom stereocenters. The molecule has 1 aliphatic heterocycles. The number of carbonyl (C=O) groups is 2. The van der Waals surface area contributed by atoms with E-state index in [2.05, 4.69) is 6.07 Å². The van der Waals surface area contributed by atoms with Gasteiger partial charge >= 0.3 is 12.1 Å². The van der Waals surface area contributed by atoms with Gasteiger partial charge in [0.25, 0.3) is 0 Å². The van der Waals surface area contributed by atoms with Crippen LogP contribution in [0.3, 0.4) is 0 Å². The van der Waals surface area contributed by atoms with Crippen molar-refractivity contribution in [2.75, 3.05) is 13.1 Å². The van der Waals surface area contributed by atoms with Gasteiger partial charge < -0.3 is 20.5 Å². The quantitative estimate of drug-likeness (QED) is 0.873. The fourth-order valence-corrected chi connectivity index (χ4v) is 3.04. The summed E-state index contributed by atoms with van der Waals surface area (Å²) in [6.45, 7) is 6.93. The fraction of sp³-hybridized carbons (Fsp3) is 0.579. The Morgan fingerprint density at radius 1 is 1.32 bits per heavy atom. The molecule has 0 spiro atoms. The van der Waals surface area contributed by atoms with E-state index in [1.165, 1.54) is 5.56 Å². The summed E-state index contributed by atoms with van der Waals surface area (Å²) in [5.41, 5.74) is 7.25. The van der Waals surface area contributed by atoms with Gasteiger partial charge in [-0.05, 0) is 57.1 Å². The van der Waals surface area contributed by atoms with Gasteiger partial charge in [-0.2, -0.15) is 0 Å². The Labute approximate surface area is 149 Å². The van der Waals surface area contributed by atoms with Gasteiger partial charge in [-0.15, -0.1) is 0 Å². The number of nitrogens with zero attached hydrogens (tertiary/aromatic N) is 1. The van der Waals surface area contributed by atoms with Gasteiger partial charge in [0.2, 0.25) is 0 Å². The predicted molar refractivity (Wildman–Crippen MR) is 95.5 cm³/mol. The standard InChI is InChI=1S/C19H28N2O4/c1-19(2,3)25-18(24)21-9-7-14(8-10-21)15-6-4-5-13(11-15)12-16(20)17(22)23/h4-6,11,14,16H,7-10,12,20H2,1-3H3,(H,22,23)/t16-/m0/s1. The Hall–Kier alpha value is -2.08. The molecule has 0 aromatic heterocycles. The molecule has 1 saturated heterocycles. The van der Waals surface area contributed by atoms with Gasteiger partial charge in [-0.3, -0.25) is 4.79 Å². The molecule has 0 unspecified atom stereocenters. The largest absolute Gasteiger partial charge is 0.480 e. The molecule has 0 radical (unpaired) electrons. The van der Waals surface area contributed by atoms with Crippen molar-refractivity contribution >= 4 is 12.1 Å². The van der Waals surface area contributed by atoms with E-state index in [1.807, 2.05) is 39.0 Å². The van der Waals surface area contributed by atoms with Crippen LogP contribution in [-0.2, 0) is 16.0 Å². The predicted octanol–water partition coefficient (Wildman–Crippen LogP) is 2.76. The first-order chi connectivity index (χ1) is 11.7. The number of nitrogens with two attached hydrogens (primary N) is 1. The Morgan fingerprint density at radius 2 is 1.96 bits per heavy atom. The third kappa shape index (κ3) is 5.74. The summed E-state index contributed by atoms with van der Waals surface area (Å²) >= 11 is 0. The minimum Gasteiger partial charge on any atom is -0.480 e. The van der Waals surface area contributed by atoms with Crippen LogP contribution in [0.25, 0.3) is 0 Å². The number of hydrogen-bond acceptors (Lipinski definition) is 4. The highest BCUT2D eigenvalue weighted by molar-refractivity contribution is 5.73. The number of benzene rings is 1. The summed E-state index contributed by atoms with van der Waals surface area (Å²) in [5.74, 6) is -0.629. The number of carboxylic acids is 1. The van der Waals surface area contributed by atoms with Gasteiger partial charge in [0.1, 0.15) is 11.6 Å². The number of hydrogen-bond donors (Lipinski definition) is 2. The maximum Gasteiger partial charge on any atom is 0.410 e. The van der Waals surface area contributed by atoms with E-state index in [9.17, 15) is 9.59 Å². The lowest BCUT2D eigenvalue weighted by atomic mass is 9.88. The highest BCUT2D eigenvalue weighted by Gasteiger charge is 2.27. The molecule has 1 aliphatic rings. The highest BCUT2D eigenvalue weighted by atomic mass is 16.6. The molecule has 1 fully saturated rings. The molecule has 6 nitrogen and oxygen atoms in total. The molecule has 138 valence electrons. The van der Waals surface area contributed by atoms with Crippen LogP contribution in [0, 0.1) is 0 Å². The number of likely N-dealkylation sites (tertiary alicyclic amines) is 1. The van der Waals surface area contributed by atoms with Gasteiger partial charge in [0.05, 0.1) is 0 Å². The van der Waals surface area contributed by atoms with Crippen molar-refractivity contribution in [1.82, 2.24) is 4.90 Å². The van der Waals surface area contributed by atoms with E-state index in [1.54, 1.807) is 4.90 Å². The van der Waals surface area contributed by atoms with Crippen molar-refractivity contribution in [3.05, 3.63) is 35.4 Å². The smallest absolute Gasteiger partial charge is 0.410 e. The summed E-state index contributed by atoms with van der Waals surface area (Å²) < 4.78 is 5.42. The molecule has 25 heavy (non-hydrogen) atoms. The lowest BCUT2D eigenvalue weighted by molar-refractivity contribution is -0.138. The number of ether oxygens (including phenoxy) is 1. The Bertz CT molecular complexity index is 616. The molecule has 1 heterocycles. The normalized spacial score (nSPS) is 17.2. The molecule has 3 N–H and O–H groups in total. The van der Waals surface area contributed by atoms with E-state index in [4.69, 9.17) is 15.6 Å². The van der Waals surface area contributed by atoms with Crippen LogP contribution in [0.4, 0.5) is 4.79 Å². The van der Waals surface area contributed by atoms with Crippen LogP contribution >= 0.6 is 0 Å². The van der Waals surface area contributed by atoms with Crippen molar-refractivity contribution in [2.24, 2.45) is 5.73 Å². The first-order valence-corrected chi connectivity index (χ1v) is 8.71. The minimum atomic E-state index is -0.990. The monoisotopic (exact) mass is 348 g/mol. The fourth-order valence-electron chi connectivity index (χ4n) is 3.04. The molecule has 0 saturated carbocycles. The van der Waals surface area contributed by atoms with Crippen LogP contribution in [0.15, 0.2) is 24.3 Å². The number of aliphatic carboxylic acids is 1. The Balaban J connectivity index is 1.94. The number of amides is 1. The summed E-state index contributed by atoms with van der Waals surface area (Å²) in [7, 11) is 0. The summed E-state index contributed by atoms with van der Waals surface area (Å²) in [6, 6.07) is 7.06. The third-order valence-electron chi connectivity index (χ3n) is 4.34. The van der Waals surface area contributed by atoms with Crippen molar-refractivity contribution < 1.29 is 19.4 Å². The number of carbonyl (C=O) groups excluding carboxylic acids is 1. The maximum atomic E-state index is 12.1. The topological polar surface area (TPSA) is 92.9 Å². The molecule has 2 rings (SSSR count). The van der Waals surface area contributed by atoms with E-state index in [0.717, 1.165) is 18.4 Å². The lowest BCUT2D eigenvalue weighted by Gasteiger charge is -2.33. The molecule has 0 bridgehead atoms. The average molecular weight is 348 g/mol. The summed E-state index contributed by atoms with van der Waals surface area (Å²) in [4.78, 5) is 24.8. The van der Waals surface area contributed by atoms with Crippen LogP contribution in [0.2, 0.25) is 0 Å². The maximum absolute atomic E-state index is 12.1. The zero-order valence-electron chi connectivity index (χ0n) is 15.2. The molecule has 1 amide bonds. The van der Waals surface area contributed by atoms with Crippen molar-refractivity contribution in [3.8, 4) is 0 Å². The third-order valence-corrected chi connectivity index (χ3v) is 4.34. The average Bonchev–Trinajstić information content (AvgIpc) is 2.53. The molecular formula is C19H28N2O4. The van der Waals surface area contributed by atoms with E-state index >= 15 is 0 Å². The highest BCUT2D eigenvalue weighted by Crippen LogP contribution is 2.29. The summed E-state index contributed by atoms with van der Waals surface area (Å²) in [6.07, 6.45) is 1.80. The molecule has 6 heteroatoms. The van der Waals surface area contributed by atoms with Crippen LogP contribution < -0.4 is 5.73 Å². The summed E-state index contributed by atoms with van der Waals surface area (Å²) in [5, 5.41) is 8.95. The van der Waals surface area contributed by atoms with Gasteiger partial charge in [-0.1, -0.05) is 24.3 Å². The minimum absolute atomic E-state index is 0.257. The second-order valence-corrected chi connectivity index (χ2v) is 7.64. The lowest BCUT2D eigenvalue weighted by Crippen LogP contribution is -2.41. The van der Waals surface area contributed by atoms with Crippen LogP contribution in [0.1, 0.15) is 50.7 Å². The SMILES string of the molecule is CC(C)(C)OC(=O)N1CCC(c2cccc(C[C@H](N)C(=O)O)c2)CC1. The molecule has 1 aromatic carbocycles. The van der Waals surface area contributed by atoms with E-state index in [-0.39, 0.29) is 6.09 Å². The zero-order valence-corrected chi connectivity index (χ0v) is 15.2. The Kier molecular flexibility index (Phi) is 6.06. The first-order valence-electron chi connectivity index (χ1n) is 8.71. The number of carboxylic acid groups (broad SMARTS) is 1. The van der Waals surface area contributed by atoms with E-state index < -0.39 is 17.6 Å². The number of rotatable bonds is 4. The zero-order chi connectivity index (χ0) is 18.6. The molecular weight excluding hydrogens is 320 g/mol. The van der Waals surface area contributed by atoms with E-state index in [0.29, 0.717) is 25.4 Å². The van der Waals surface area contributed by atoms with Gasteiger partial charge in [0, 0.05) is 13.1 Å². The second kappa shape index (κ2) is 7.87. The van der Waals surface area contributed by atoms with Crippen molar-refractivity contribution in [2.45, 2.75) is 57.6 Å². The number of piperidine rings is 1. The van der Waals surface area contributed by atoms with Gasteiger partial charge in [-0.25, -0.2) is 4.79 Å². The molecule has 1 aromatic rings. The Morgan fingerprint density at radius 3 is 2.52 bits per heavy atom. The first kappa shape index (κ1) is 19.2. The molecule has 0 aliphatic carbocycles. The van der Waals surface area contributed by atoms with Crippen molar-refractivity contribution in [1.29, 1.82) is 0 Å². The van der Waals surface area contributed by atoms with Crippen LogP contribution in [-0.4, -0.2) is 46.8 Å². The van der Waals surface area contributed by atoms with Gasteiger partial charge in [0.15, 0.2) is 0 Å². The van der Waals surface area contributed by atoms with Crippen molar-refractivity contribution in [3.63, 3.8) is 0 Å². The second-order valence-electron chi connectivity index (χ2n) is 7.64. The van der Waals surface area contributed by atoms with Crippen LogP contribution in [0.5, 0.6) is 0 Å².